The van der Waals surface area contributed by atoms with E-state index in [4.69, 9.17) is 9.47 Å². The molecular formula is C23H29N3O4. The lowest BCUT2D eigenvalue weighted by Crippen LogP contribution is -2.52. The van der Waals surface area contributed by atoms with Crippen molar-refractivity contribution in [3.63, 3.8) is 0 Å². The molecule has 0 saturated carbocycles. The fourth-order valence-electron chi connectivity index (χ4n) is 3.68. The third kappa shape index (κ3) is 5.23. The monoisotopic (exact) mass is 411 g/mol. The van der Waals surface area contributed by atoms with E-state index in [1.165, 1.54) is 0 Å². The van der Waals surface area contributed by atoms with Gasteiger partial charge >= 0.3 is 6.03 Å². The first-order chi connectivity index (χ1) is 14.4. The second-order valence-electron chi connectivity index (χ2n) is 7.78. The summed E-state index contributed by atoms with van der Waals surface area (Å²) in [6.45, 7) is 3.32. The molecule has 1 heterocycles. The van der Waals surface area contributed by atoms with Crippen molar-refractivity contribution in [2.24, 2.45) is 5.41 Å². The molecule has 0 radical (unpaired) electrons. The quantitative estimate of drug-likeness (QED) is 0.760. The smallest absolute Gasteiger partial charge is 0.321 e. The Hall–Kier alpha value is -3.22. The molecule has 1 atom stereocenters. The van der Waals surface area contributed by atoms with Crippen molar-refractivity contribution in [1.29, 1.82) is 0 Å². The van der Waals surface area contributed by atoms with Crippen LogP contribution in [0.15, 0.2) is 48.5 Å². The number of rotatable bonds is 6. The first kappa shape index (κ1) is 21.5. The average Bonchev–Trinajstić information content (AvgIpc) is 2.77. The maximum Gasteiger partial charge on any atom is 0.321 e. The Balaban J connectivity index is 1.59. The minimum absolute atomic E-state index is 0.0517. The van der Waals surface area contributed by atoms with E-state index >= 15 is 0 Å². The molecule has 30 heavy (non-hydrogen) atoms. The first-order valence-electron chi connectivity index (χ1n) is 10.0. The van der Waals surface area contributed by atoms with Gasteiger partial charge in [-0.1, -0.05) is 18.2 Å². The summed E-state index contributed by atoms with van der Waals surface area (Å²) < 4.78 is 10.4. The molecule has 7 heteroatoms. The Morgan fingerprint density at radius 3 is 2.50 bits per heavy atom. The molecule has 0 aliphatic carbocycles. The van der Waals surface area contributed by atoms with Crippen molar-refractivity contribution in [1.82, 2.24) is 10.2 Å². The number of hydrogen-bond donors (Lipinski definition) is 2. The van der Waals surface area contributed by atoms with E-state index in [1.54, 1.807) is 25.2 Å². The Morgan fingerprint density at radius 1 is 1.07 bits per heavy atom. The van der Waals surface area contributed by atoms with Crippen molar-refractivity contribution in [3.8, 4) is 11.5 Å². The minimum Gasteiger partial charge on any atom is -0.497 e. The molecule has 7 nitrogen and oxygen atoms in total. The number of amides is 3. The van der Waals surface area contributed by atoms with Crippen LogP contribution in [-0.4, -0.2) is 44.1 Å². The SMILES string of the molecule is COc1cccc(CNC(=O)[C@]2(C)CCCN(C(=O)Nc3cccc(OC)c3)C2)c1. The predicted molar refractivity (Wildman–Crippen MR) is 116 cm³/mol. The van der Waals surface area contributed by atoms with Gasteiger partial charge in [-0.05, 0) is 49.6 Å². The largest absolute Gasteiger partial charge is 0.497 e. The van der Waals surface area contributed by atoms with Crippen molar-refractivity contribution in [3.05, 3.63) is 54.1 Å². The number of likely N-dealkylation sites (tertiary alicyclic amines) is 1. The Labute approximate surface area is 177 Å². The highest BCUT2D eigenvalue weighted by Gasteiger charge is 2.39. The van der Waals surface area contributed by atoms with Crippen LogP contribution in [0.5, 0.6) is 11.5 Å². The maximum absolute atomic E-state index is 12.9. The number of carbonyl (C=O) groups is 2. The van der Waals surface area contributed by atoms with Crippen molar-refractivity contribution in [2.45, 2.75) is 26.3 Å². The van der Waals surface area contributed by atoms with E-state index in [0.29, 0.717) is 31.1 Å². The molecule has 0 bridgehead atoms. The van der Waals surface area contributed by atoms with Gasteiger partial charge in [0.15, 0.2) is 0 Å². The van der Waals surface area contributed by atoms with E-state index in [1.807, 2.05) is 49.4 Å². The summed E-state index contributed by atoms with van der Waals surface area (Å²) >= 11 is 0. The summed E-state index contributed by atoms with van der Waals surface area (Å²) in [5, 5.41) is 5.91. The number of carbonyl (C=O) groups excluding carboxylic acids is 2. The normalized spacial score (nSPS) is 18.4. The third-order valence-corrected chi connectivity index (χ3v) is 5.44. The van der Waals surface area contributed by atoms with Gasteiger partial charge in [0.2, 0.25) is 5.91 Å². The van der Waals surface area contributed by atoms with Gasteiger partial charge in [0, 0.05) is 31.4 Å². The van der Waals surface area contributed by atoms with E-state index in [2.05, 4.69) is 10.6 Å². The summed E-state index contributed by atoms with van der Waals surface area (Å²) in [6.07, 6.45) is 1.51. The number of urea groups is 1. The molecule has 3 rings (SSSR count). The van der Waals surface area contributed by atoms with Crippen molar-refractivity contribution in [2.75, 3.05) is 32.6 Å². The number of methoxy groups -OCH3 is 2. The highest BCUT2D eigenvalue weighted by Crippen LogP contribution is 2.30. The lowest BCUT2D eigenvalue weighted by Gasteiger charge is -2.39. The van der Waals surface area contributed by atoms with E-state index in [-0.39, 0.29) is 11.9 Å². The van der Waals surface area contributed by atoms with Crippen molar-refractivity contribution < 1.29 is 19.1 Å². The zero-order valence-corrected chi connectivity index (χ0v) is 17.7. The molecule has 1 saturated heterocycles. The summed E-state index contributed by atoms with van der Waals surface area (Å²) in [5.41, 5.74) is 0.992. The molecule has 1 aliphatic heterocycles. The number of hydrogen-bond acceptors (Lipinski definition) is 4. The van der Waals surface area contributed by atoms with Crippen LogP contribution in [0.3, 0.4) is 0 Å². The van der Waals surface area contributed by atoms with E-state index in [0.717, 1.165) is 24.2 Å². The van der Waals surface area contributed by atoms with Gasteiger partial charge < -0.3 is 25.0 Å². The third-order valence-electron chi connectivity index (χ3n) is 5.44. The molecule has 0 aromatic heterocycles. The maximum atomic E-state index is 12.9. The molecule has 0 spiro atoms. The number of nitrogens with one attached hydrogen (secondary N) is 2. The second-order valence-corrected chi connectivity index (χ2v) is 7.78. The highest BCUT2D eigenvalue weighted by atomic mass is 16.5. The fourth-order valence-corrected chi connectivity index (χ4v) is 3.68. The molecule has 1 aliphatic rings. The van der Waals surface area contributed by atoms with Crippen LogP contribution in [-0.2, 0) is 11.3 Å². The van der Waals surface area contributed by atoms with Gasteiger partial charge in [0.1, 0.15) is 11.5 Å². The van der Waals surface area contributed by atoms with Crippen molar-refractivity contribution >= 4 is 17.6 Å². The standard InChI is InChI=1S/C23H29N3O4/c1-23(21(27)24-15-17-7-4-9-19(13-17)29-2)11-6-12-26(16-23)22(28)25-18-8-5-10-20(14-18)30-3/h4-5,7-10,13-14H,6,11-12,15-16H2,1-3H3,(H,24,27)(H,25,28)/t23-/m1/s1. The lowest BCUT2D eigenvalue weighted by molar-refractivity contribution is -0.132. The predicted octanol–water partition coefficient (Wildman–Crippen LogP) is 3.65. The van der Waals surface area contributed by atoms with Crippen LogP contribution in [0, 0.1) is 5.41 Å². The van der Waals surface area contributed by atoms with Gasteiger partial charge in [-0.3, -0.25) is 4.79 Å². The Bertz CT molecular complexity index is 902. The molecule has 2 N–H and O–H groups in total. The zero-order valence-electron chi connectivity index (χ0n) is 17.7. The Morgan fingerprint density at radius 2 is 1.77 bits per heavy atom. The number of ether oxygens (including phenoxy) is 2. The number of nitrogens with zero attached hydrogens (tertiary/aromatic N) is 1. The second kappa shape index (κ2) is 9.52. The van der Waals surface area contributed by atoms with Crippen LogP contribution < -0.4 is 20.1 Å². The van der Waals surface area contributed by atoms with Gasteiger partial charge in [-0.2, -0.15) is 0 Å². The molecule has 2 aromatic rings. The summed E-state index contributed by atoms with van der Waals surface area (Å²) in [5.74, 6) is 1.38. The molecule has 3 amide bonds. The van der Waals surface area contributed by atoms with Gasteiger partial charge in [0.25, 0.3) is 0 Å². The summed E-state index contributed by atoms with van der Waals surface area (Å²) in [4.78, 5) is 27.4. The van der Waals surface area contributed by atoms with Crippen LogP contribution in [0.25, 0.3) is 0 Å². The molecule has 1 fully saturated rings. The fraction of sp³-hybridized carbons (Fsp3) is 0.391. The average molecular weight is 412 g/mol. The van der Waals surface area contributed by atoms with E-state index in [9.17, 15) is 9.59 Å². The molecule has 2 aromatic carbocycles. The van der Waals surface area contributed by atoms with Gasteiger partial charge in [-0.25, -0.2) is 4.79 Å². The van der Waals surface area contributed by atoms with Crippen LogP contribution >= 0.6 is 0 Å². The number of piperidine rings is 1. The van der Waals surface area contributed by atoms with Crippen LogP contribution in [0.1, 0.15) is 25.3 Å². The summed E-state index contributed by atoms with van der Waals surface area (Å²) in [6, 6.07) is 14.6. The van der Waals surface area contributed by atoms with Crippen LogP contribution in [0.2, 0.25) is 0 Å². The van der Waals surface area contributed by atoms with Gasteiger partial charge in [-0.15, -0.1) is 0 Å². The van der Waals surface area contributed by atoms with Gasteiger partial charge in [0.05, 0.1) is 19.6 Å². The summed E-state index contributed by atoms with van der Waals surface area (Å²) in [7, 11) is 3.20. The molecular weight excluding hydrogens is 382 g/mol. The van der Waals surface area contributed by atoms with Crippen LogP contribution in [0.4, 0.5) is 10.5 Å². The first-order valence-corrected chi connectivity index (χ1v) is 10.0. The molecule has 160 valence electrons. The van der Waals surface area contributed by atoms with E-state index < -0.39 is 5.41 Å². The number of anilines is 1. The number of benzene rings is 2. The lowest BCUT2D eigenvalue weighted by atomic mass is 9.81. The highest BCUT2D eigenvalue weighted by molar-refractivity contribution is 5.90. The topological polar surface area (TPSA) is 79.9 Å². The molecule has 0 unspecified atom stereocenters. The minimum atomic E-state index is -0.636. The Kier molecular flexibility index (Phi) is 6.82. The zero-order chi connectivity index (χ0) is 21.6.